The average Bonchev–Trinajstić information content (AvgIpc) is 3.48. The molecule has 4 aliphatic rings. The van der Waals surface area contributed by atoms with Crippen molar-refractivity contribution in [2.45, 2.75) is 37.6 Å². The van der Waals surface area contributed by atoms with Gasteiger partial charge in [-0.05, 0) is 55.0 Å². The number of nitrogens with one attached hydrogen (secondary N) is 1. The molecule has 2 bridgehead atoms. The third-order valence-corrected chi connectivity index (χ3v) is 7.92. The lowest BCUT2D eigenvalue weighted by atomic mass is 9.60. The van der Waals surface area contributed by atoms with Gasteiger partial charge in [-0.2, -0.15) is 0 Å². The molecule has 4 atom stereocenters. The van der Waals surface area contributed by atoms with E-state index in [1.54, 1.807) is 6.26 Å². The lowest BCUT2D eigenvalue weighted by Gasteiger charge is -2.50. The van der Waals surface area contributed by atoms with E-state index in [0.717, 1.165) is 60.6 Å². The molecule has 5 heteroatoms. The van der Waals surface area contributed by atoms with Gasteiger partial charge in [0.15, 0.2) is 0 Å². The number of furan rings is 1. The normalized spacial score (nSPS) is 32.0. The topological polar surface area (TPSA) is 54.7 Å². The van der Waals surface area contributed by atoms with Crippen molar-refractivity contribution in [3.63, 3.8) is 0 Å². The van der Waals surface area contributed by atoms with Crippen molar-refractivity contribution in [3.8, 4) is 11.3 Å². The second-order valence-electron chi connectivity index (χ2n) is 8.85. The lowest BCUT2D eigenvalue weighted by molar-refractivity contribution is -0.137. The Morgan fingerprint density at radius 3 is 3.00 bits per heavy atom. The van der Waals surface area contributed by atoms with Gasteiger partial charge in [0.2, 0.25) is 0 Å². The highest BCUT2D eigenvalue weighted by atomic mass is 16.5. The number of ether oxygens (including phenoxy) is 1. The second kappa shape index (κ2) is 5.99. The molecule has 4 heterocycles. The van der Waals surface area contributed by atoms with E-state index in [1.165, 1.54) is 12.7 Å². The first-order chi connectivity index (χ1) is 14.2. The van der Waals surface area contributed by atoms with E-state index in [4.69, 9.17) is 9.15 Å². The minimum atomic E-state index is -0.165. The molecule has 1 spiro atoms. The zero-order valence-electron chi connectivity index (χ0n) is 16.9. The number of methoxy groups -OCH3 is 1. The summed E-state index contributed by atoms with van der Waals surface area (Å²) in [6, 6.07) is 10.8. The minimum Gasteiger partial charge on any atom is -0.466 e. The van der Waals surface area contributed by atoms with Crippen LogP contribution in [0.5, 0.6) is 0 Å². The Morgan fingerprint density at radius 2 is 2.24 bits per heavy atom. The van der Waals surface area contributed by atoms with Crippen LogP contribution >= 0.6 is 0 Å². The molecular formula is C24H26N2O3. The van der Waals surface area contributed by atoms with Crippen LogP contribution in [0.25, 0.3) is 11.3 Å². The van der Waals surface area contributed by atoms with Gasteiger partial charge in [-0.1, -0.05) is 25.5 Å². The maximum atomic E-state index is 13.1. The number of hydrogen-bond acceptors (Lipinski definition) is 5. The van der Waals surface area contributed by atoms with Crippen molar-refractivity contribution >= 4 is 11.7 Å². The van der Waals surface area contributed by atoms with E-state index >= 15 is 0 Å². The number of carbonyl (C=O) groups excluding carboxylic acids is 1. The number of nitrogens with zero attached hydrogens (tertiary/aromatic N) is 1. The van der Waals surface area contributed by atoms with Gasteiger partial charge in [0.05, 0.1) is 30.0 Å². The number of anilines is 1. The first-order valence-corrected chi connectivity index (χ1v) is 10.7. The summed E-state index contributed by atoms with van der Waals surface area (Å²) in [6.45, 7) is 4.40. The summed E-state index contributed by atoms with van der Waals surface area (Å²) in [4.78, 5) is 15.7. The average molecular weight is 390 g/mol. The Hall–Kier alpha value is -2.53. The predicted octanol–water partition coefficient (Wildman–Crippen LogP) is 4.17. The molecule has 0 saturated carbocycles. The fourth-order valence-electron chi connectivity index (χ4n) is 6.68. The molecule has 6 rings (SSSR count). The third kappa shape index (κ3) is 2.06. The molecule has 1 aromatic carbocycles. The second-order valence-corrected chi connectivity index (χ2v) is 8.85. The molecule has 1 aromatic heterocycles. The van der Waals surface area contributed by atoms with E-state index in [9.17, 15) is 4.79 Å². The van der Waals surface area contributed by atoms with E-state index in [-0.39, 0.29) is 17.3 Å². The van der Waals surface area contributed by atoms with Gasteiger partial charge < -0.3 is 14.5 Å². The smallest absolute Gasteiger partial charge is 0.335 e. The molecule has 1 aliphatic carbocycles. The molecule has 2 saturated heterocycles. The molecule has 3 aliphatic heterocycles. The molecule has 0 amide bonds. The van der Waals surface area contributed by atoms with Crippen molar-refractivity contribution in [1.29, 1.82) is 0 Å². The maximum absolute atomic E-state index is 13.1. The third-order valence-electron chi connectivity index (χ3n) is 7.92. The summed E-state index contributed by atoms with van der Waals surface area (Å²) >= 11 is 0. The molecule has 2 aromatic rings. The van der Waals surface area contributed by atoms with Crippen LogP contribution in [0.2, 0.25) is 0 Å². The summed E-state index contributed by atoms with van der Waals surface area (Å²) in [5, 5.41) is 3.74. The molecule has 150 valence electrons. The molecule has 0 radical (unpaired) electrons. The van der Waals surface area contributed by atoms with E-state index in [2.05, 4.69) is 35.3 Å². The van der Waals surface area contributed by atoms with Crippen molar-refractivity contribution in [2.75, 3.05) is 25.5 Å². The number of fused-ring (bicyclic) bond motifs is 2. The summed E-state index contributed by atoms with van der Waals surface area (Å²) < 4.78 is 11.1. The van der Waals surface area contributed by atoms with Crippen LogP contribution in [0.15, 0.2) is 52.3 Å². The first-order valence-electron chi connectivity index (χ1n) is 10.7. The van der Waals surface area contributed by atoms with Gasteiger partial charge in [-0.3, -0.25) is 4.90 Å². The monoisotopic (exact) mass is 390 g/mol. The molecule has 1 N–H and O–H groups in total. The Balaban J connectivity index is 1.63. The summed E-state index contributed by atoms with van der Waals surface area (Å²) in [5.41, 5.74) is 5.31. The Bertz CT molecular complexity index is 1020. The highest BCUT2D eigenvalue weighted by Gasteiger charge is 2.63. The molecule has 2 fully saturated rings. The summed E-state index contributed by atoms with van der Waals surface area (Å²) in [5.74, 6) is 1.46. The van der Waals surface area contributed by atoms with Crippen LogP contribution in [-0.4, -0.2) is 37.1 Å². The number of rotatable bonds is 3. The number of piperidine rings is 1. The van der Waals surface area contributed by atoms with Gasteiger partial charge in [-0.25, -0.2) is 4.79 Å². The highest BCUT2D eigenvalue weighted by molar-refractivity contribution is 5.95. The zero-order chi connectivity index (χ0) is 19.8. The fourth-order valence-corrected chi connectivity index (χ4v) is 6.68. The predicted molar refractivity (Wildman–Crippen MR) is 110 cm³/mol. The van der Waals surface area contributed by atoms with Gasteiger partial charge in [-0.15, -0.1) is 0 Å². The first kappa shape index (κ1) is 17.3. The fraction of sp³-hybridized carbons (Fsp3) is 0.458. The lowest BCUT2D eigenvalue weighted by Crippen LogP contribution is -2.55. The largest absolute Gasteiger partial charge is 0.466 e. The highest BCUT2D eigenvalue weighted by Crippen LogP contribution is 2.62. The number of benzene rings is 1. The van der Waals surface area contributed by atoms with Crippen LogP contribution in [0.4, 0.5) is 5.69 Å². The van der Waals surface area contributed by atoms with Gasteiger partial charge in [0.1, 0.15) is 5.76 Å². The molecule has 1 unspecified atom stereocenters. The number of hydrogen-bond donors (Lipinski definition) is 1. The quantitative estimate of drug-likeness (QED) is 0.797. The van der Waals surface area contributed by atoms with E-state index in [1.807, 2.05) is 12.1 Å². The van der Waals surface area contributed by atoms with Gasteiger partial charge >= 0.3 is 5.97 Å². The van der Waals surface area contributed by atoms with E-state index < -0.39 is 0 Å². The maximum Gasteiger partial charge on any atom is 0.335 e. The molecule has 5 nitrogen and oxygen atoms in total. The van der Waals surface area contributed by atoms with Crippen molar-refractivity contribution in [2.24, 2.45) is 11.8 Å². The van der Waals surface area contributed by atoms with Crippen LogP contribution < -0.4 is 5.32 Å². The summed E-state index contributed by atoms with van der Waals surface area (Å²) in [7, 11) is 1.51. The van der Waals surface area contributed by atoms with Gasteiger partial charge in [0, 0.05) is 23.8 Å². The van der Waals surface area contributed by atoms with Crippen molar-refractivity contribution in [3.05, 3.63) is 53.4 Å². The van der Waals surface area contributed by atoms with Crippen LogP contribution in [0.3, 0.4) is 0 Å². The number of carbonyl (C=O) groups is 1. The SMILES string of the molecule is CC[C@@H]1CN2CC[C@]34C(=C(C(=O)OC)[C@H]1CC23)Nc1c(-c2ccco2)cccc14. The number of para-hydroxylation sites is 1. The van der Waals surface area contributed by atoms with Crippen LogP contribution in [0.1, 0.15) is 31.7 Å². The summed E-state index contributed by atoms with van der Waals surface area (Å²) in [6.07, 6.45) is 4.88. The Labute approximate surface area is 170 Å². The Kier molecular flexibility index (Phi) is 3.58. The standard InChI is InChI=1S/C24H26N2O3/c1-3-14-13-26-10-9-24-17-7-4-6-15(18-8-5-11-29-18)21(17)25-22(24)20(23(27)28-2)16(14)12-19(24)26/h4-8,11,14,16,19,25H,3,9-10,12-13H2,1-2H3/t14-,16+,19?,24-/m1/s1. The van der Waals surface area contributed by atoms with Crippen molar-refractivity contribution < 1.29 is 13.9 Å². The van der Waals surface area contributed by atoms with Gasteiger partial charge in [0.25, 0.3) is 0 Å². The van der Waals surface area contributed by atoms with Crippen molar-refractivity contribution in [1.82, 2.24) is 4.90 Å². The van der Waals surface area contributed by atoms with E-state index in [0.29, 0.717) is 12.0 Å². The van der Waals surface area contributed by atoms with Crippen LogP contribution in [0, 0.1) is 11.8 Å². The zero-order valence-corrected chi connectivity index (χ0v) is 16.9. The Morgan fingerprint density at radius 1 is 1.34 bits per heavy atom. The molecular weight excluding hydrogens is 364 g/mol. The minimum absolute atomic E-state index is 0.142. The molecule has 29 heavy (non-hydrogen) atoms. The van der Waals surface area contributed by atoms with Crippen LogP contribution in [-0.2, 0) is 14.9 Å². The number of esters is 1.